The van der Waals surface area contributed by atoms with E-state index in [1.807, 2.05) is 4.90 Å². The SMILES string of the molecule is CCC1CCCN1C(=O)OC1CCOC1. The predicted molar refractivity (Wildman–Crippen MR) is 55.7 cm³/mol. The van der Waals surface area contributed by atoms with Gasteiger partial charge in [-0.3, -0.25) is 0 Å². The molecule has 0 radical (unpaired) electrons. The van der Waals surface area contributed by atoms with Crippen molar-refractivity contribution in [3.63, 3.8) is 0 Å². The van der Waals surface area contributed by atoms with Crippen LogP contribution in [0.2, 0.25) is 0 Å². The van der Waals surface area contributed by atoms with Crippen molar-refractivity contribution < 1.29 is 14.3 Å². The van der Waals surface area contributed by atoms with E-state index in [-0.39, 0.29) is 12.2 Å². The van der Waals surface area contributed by atoms with Crippen molar-refractivity contribution in [3.05, 3.63) is 0 Å². The van der Waals surface area contributed by atoms with Crippen LogP contribution in [0.4, 0.5) is 4.79 Å². The van der Waals surface area contributed by atoms with Gasteiger partial charge in [0.15, 0.2) is 0 Å². The number of amides is 1. The predicted octanol–water partition coefficient (Wildman–Crippen LogP) is 1.79. The van der Waals surface area contributed by atoms with Crippen molar-refractivity contribution >= 4 is 6.09 Å². The second-order valence-corrected chi connectivity index (χ2v) is 4.27. The highest BCUT2D eigenvalue weighted by Crippen LogP contribution is 2.21. The topological polar surface area (TPSA) is 38.8 Å². The van der Waals surface area contributed by atoms with Gasteiger partial charge >= 0.3 is 6.09 Å². The lowest BCUT2D eigenvalue weighted by molar-refractivity contribution is 0.0515. The molecule has 1 amide bonds. The molecule has 4 heteroatoms. The van der Waals surface area contributed by atoms with Gasteiger partial charge in [-0.05, 0) is 19.3 Å². The normalized spacial score (nSPS) is 30.9. The van der Waals surface area contributed by atoms with E-state index >= 15 is 0 Å². The Balaban J connectivity index is 1.83. The molecule has 2 atom stereocenters. The molecule has 86 valence electrons. The zero-order valence-corrected chi connectivity index (χ0v) is 9.28. The summed E-state index contributed by atoms with van der Waals surface area (Å²) in [7, 11) is 0. The Bertz CT molecular complexity index is 226. The van der Waals surface area contributed by atoms with E-state index in [1.54, 1.807) is 0 Å². The van der Waals surface area contributed by atoms with Gasteiger partial charge in [-0.2, -0.15) is 0 Å². The van der Waals surface area contributed by atoms with Crippen LogP contribution in [-0.4, -0.2) is 42.9 Å². The standard InChI is InChI=1S/C11H19NO3/c1-2-9-4-3-6-12(9)11(13)15-10-5-7-14-8-10/h9-10H,2-8H2,1H3. The van der Waals surface area contributed by atoms with Crippen LogP contribution in [-0.2, 0) is 9.47 Å². The quantitative estimate of drug-likeness (QED) is 0.702. The lowest BCUT2D eigenvalue weighted by Crippen LogP contribution is -2.37. The number of ether oxygens (including phenoxy) is 2. The summed E-state index contributed by atoms with van der Waals surface area (Å²) in [5.41, 5.74) is 0. The van der Waals surface area contributed by atoms with Gasteiger partial charge in [-0.15, -0.1) is 0 Å². The van der Waals surface area contributed by atoms with Gasteiger partial charge in [-0.1, -0.05) is 6.92 Å². The molecule has 0 aromatic rings. The number of hydrogen-bond acceptors (Lipinski definition) is 3. The van der Waals surface area contributed by atoms with Gasteiger partial charge in [0.1, 0.15) is 6.10 Å². The second-order valence-electron chi connectivity index (χ2n) is 4.27. The average molecular weight is 213 g/mol. The molecular formula is C11H19NO3. The molecule has 2 unspecified atom stereocenters. The number of carbonyl (C=O) groups is 1. The van der Waals surface area contributed by atoms with Crippen LogP contribution in [0.5, 0.6) is 0 Å². The first kappa shape index (κ1) is 10.7. The molecule has 0 spiro atoms. The number of likely N-dealkylation sites (tertiary alicyclic amines) is 1. The summed E-state index contributed by atoms with van der Waals surface area (Å²) in [6.07, 6.45) is 3.93. The molecular weight excluding hydrogens is 194 g/mol. The zero-order chi connectivity index (χ0) is 10.7. The van der Waals surface area contributed by atoms with Crippen LogP contribution < -0.4 is 0 Å². The molecule has 2 saturated heterocycles. The van der Waals surface area contributed by atoms with Crippen molar-refractivity contribution in [1.29, 1.82) is 0 Å². The first-order chi connectivity index (χ1) is 7.31. The van der Waals surface area contributed by atoms with Crippen molar-refractivity contribution in [2.75, 3.05) is 19.8 Å². The van der Waals surface area contributed by atoms with Crippen molar-refractivity contribution in [2.45, 2.75) is 44.8 Å². The van der Waals surface area contributed by atoms with Gasteiger partial charge in [0.2, 0.25) is 0 Å². The minimum atomic E-state index is -0.144. The Morgan fingerprint density at radius 2 is 2.40 bits per heavy atom. The van der Waals surface area contributed by atoms with Crippen molar-refractivity contribution in [1.82, 2.24) is 4.90 Å². The Morgan fingerprint density at radius 3 is 3.07 bits per heavy atom. The maximum Gasteiger partial charge on any atom is 0.410 e. The molecule has 0 aromatic carbocycles. The number of hydrogen-bond donors (Lipinski definition) is 0. The summed E-state index contributed by atoms with van der Waals surface area (Å²) in [5, 5.41) is 0. The minimum Gasteiger partial charge on any atom is -0.444 e. The lowest BCUT2D eigenvalue weighted by atomic mass is 10.2. The third-order valence-electron chi connectivity index (χ3n) is 3.24. The number of rotatable bonds is 2. The van der Waals surface area contributed by atoms with Gasteiger partial charge in [0.05, 0.1) is 13.2 Å². The van der Waals surface area contributed by atoms with E-state index in [4.69, 9.17) is 9.47 Å². The number of carbonyl (C=O) groups excluding carboxylic acids is 1. The molecule has 0 N–H and O–H groups in total. The van der Waals surface area contributed by atoms with Crippen molar-refractivity contribution in [3.8, 4) is 0 Å². The highest BCUT2D eigenvalue weighted by atomic mass is 16.6. The monoisotopic (exact) mass is 213 g/mol. The van der Waals surface area contributed by atoms with E-state index in [0.717, 1.165) is 38.8 Å². The molecule has 2 fully saturated rings. The van der Waals surface area contributed by atoms with Crippen molar-refractivity contribution in [2.24, 2.45) is 0 Å². The van der Waals surface area contributed by atoms with Crippen LogP contribution in [0.3, 0.4) is 0 Å². The van der Waals surface area contributed by atoms with Gasteiger partial charge in [-0.25, -0.2) is 4.79 Å². The molecule has 0 aliphatic carbocycles. The van der Waals surface area contributed by atoms with Crippen LogP contribution in [0.15, 0.2) is 0 Å². The molecule has 0 bridgehead atoms. The average Bonchev–Trinajstić information content (AvgIpc) is 2.86. The lowest BCUT2D eigenvalue weighted by Gasteiger charge is -2.24. The molecule has 2 aliphatic rings. The van der Waals surface area contributed by atoms with Gasteiger partial charge in [0.25, 0.3) is 0 Å². The van der Waals surface area contributed by atoms with Gasteiger partial charge in [0, 0.05) is 19.0 Å². The summed E-state index contributed by atoms with van der Waals surface area (Å²) in [4.78, 5) is 13.7. The second kappa shape index (κ2) is 4.84. The van der Waals surface area contributed by atoms with E-state index in [1.165, 1.54) is 0 Å². The molecule has 0 saturated carbocycles. The largest absolute Gasteiger partial charge is 0.444 e. The Hall–Kier alpha value is -0.770. The third kappa shape index (κ3) is 2.43. The summed E-state index contributed by atoms with van der Waals surface area (Å²) in [5.74, 6) is 0. The summed E-state index contributed by atoms with van der Waals surface area (Å²) < 4.78 is 10.6. The van der Waals surface area contributed by atoms with Crippen LogP contribution >= 0.6 is 0 Å². The van der Waals surface area contributed by atoms with E-state index < -0.39 is 0 Å². The third-order valence-corrected chi connectivity index (χ3v) is 3.24. The minimum absolute atomic E-state index is 0.0180. The summed E-state index contributed by atoms with van der Waals surface area (Å²) in [6.45, 7) is 4.26. The Kier molecular flexibility index (Phi) is 3.46. The first-order valence-corrected chi connectivity index (χ1v) is 5.86. The first-order valence-electron chi connectivity index (χ1n) is 5.86. The summed E-state index contributed by atoms with van der Waals surface area (Å²) in [6, 6.07) is 0.389. The fourth-order valence-electron chi connectivity index (χ4n) is 2.32. The molecule has 2 heterocycles. The maximum absolute atomic E-state index is 11.8. The Morgan fingerprint density at radius 1 is 1.53 bits per heavy atom. The molecule has 0 aromatic heterocycles. The molecule has 2 aliphatic heterocycles. The summed E-state index contributed by atoms with van der Waals surface area (Å²) >= 11 is 0. The van der Waals surface area contributed by atoms with Gasteiger partial charge < -0.3 is 14.4 Å². The smallest absolute Gasteiger partial charge is 0.410 e. The molecule has 15 heavy (non-hydrogen) atoms. The number of nitrogens with zero attached hydrogens (tertiary/aromatic N) is 1. The van der Waals surface area contributed by atoms with Crippen LogP contribution in [0, 0.1) is 0 Å². The highest BCUT2D eigenvalue weighted by molar-refractivity contribution is 5.68. The van der Waals surface area contributed by atoms with Crippen LogP contribution in [0.1, 0.15) is 32.6 Å². The molecule has 4 nitrogen and oxygen atoms in total. The zero-order valence-electron chi connectivity index (χ0n) is 9.28. The van der Waals surface area contributed by atoms with E-state index in [2.05, 4.69) is 6.92 Å². The fourth-order valence-corrected chi connectivity index (χ4v) is 2.32. The van der Waals surface area contributed by atoms with E-state index in [9.17, 15) is 4.79 Å². The Labute approximate surface area is 90.5 Å². The fraction of sp³-hybridized carbons (Fsp3) is 0.909. The maximum atomic E-state index is 11.8. The molecule has 2 rings (SSSR count). The highest BCUT2D eigenvalue weighted by Gasteiger charge is 2.30. The van der Waals surface area contributed by atoms with Crippen LogP contribution in [0.25, 0.3) is 0 Å². The van der Waals surface area contributed by atoms with E-state index in [0.29, 0.717) is 12.6 Å².